The third-order valence-corrected chi connectivity index (χ3v) is 9.23. The number of pyridine rings is 1. The number of aromatic nitrogens is 3. The molecule has 2 fully saturated rings. The summed E-state index contributed by atoms with van der Waals surface area (Å²) in [5.74, 6) is 1.83. The molecule has 1 atom stereocenters. The summed E-state index contributed by atoms with van der Waals surface area (Å²) in [6.45, 7) is 9.91. The number of halogens is 2. The van der Waals surface area contributed by atoms with Crippen LogP contribution in [0.2, 0.25) is 10.0 Å². The van der Waals surface area contributed by atoms with Gasteiger partial charge in [0.15, 0.2) is 0 Å². The zero-order valence-electron chi connectivity index (χ0n) is 25.9. The normalized spacial score (nSPS) is 16.5. The number of anilines is 3. The molecule has 0 amide bonds. The monoisotopic (exact) mass is 653 g/mol. The number of aryl methyl sites for hydroxylation is 1. The fraction of sp³-hybridized carbons (Fsp3) is 0.306. The number of piperazine rings is 1. The van der Waals surface area contributed by atoms with Gasteiger partial charge in [-0.15, -0.1) is 0 Å². The zero-order valence-corrected chi connectivity index (χ0v) is 27.4. The summed E-state index contributed by atoms with van der Waals surface area (Å²) in [4.78, 5) is 21.3. The van der Waals surface area contributed by atoms with Crippen molar-refractivity contribution in [1.29, 1.82) is 0 Å². The smallest absolute Gasteiger partial charge is 0.227 e. The van der Waals surface area contributed by atoms with Crippen LogP contribution in [0.25, 0.3) is 10.9 Å². The van der Waals surface area contributed by atoms with E-state index in [4.69, 9.17) is 37.9 Å². The Balaban J connectivity index is 1.04. The number of hydrogen-bond donors (Lipinski definition) is 1. The maximum atomic E-state index is 6.26. The van der Waals surface area contributed by atoms with Crippen LogP contribution in [0.5, 0.6) is 0 Å². The van der Waals surface area contributed by atoms with Crippen LogP contribution in [-0.2, 0) is 11.3 Å². The van der Waals surface area contributed by atoms with Crippen LogP contribution in [-0.4, -0.2) is 72.3 Å². The molecule has 0 radical (unpaired) electrons. The minimum atomic E-state index is -0.0742. The first-order valence-corrected chi connectivity index (χ1v) is 16.5. The number of ether oxygens (including phenoxy) is 1. The highest BCUT2D eigenvalue weighted by atomic mass is 35.5. The number of nitrogens with one attached hydrogen (secondary N) is 1. The maximum Gasteiger partial charge on any atom is 0.227 e. The van der Waals surface area contributed by atoms with Crippen molar-refractivity contribution in [3.05, 3.63) is 117 Å². The van der Waals surface area contributed by atoms with Gasteiger partial charge < -0.3 is 19.9 Å². The molecule has 0 bridgehead atoms. The lowest BCUT2D eigenvalue weighted by atomic mass is 9.97. The summed E-state index contributed by atoms with van der Waals surface area (Å²) in [6, 6.07) is 26.9. The van der Waals surface area contributed by atoms with Crippen LogP contribution in [0.1, 0.15) is 28.4 Å². The Morgan fingerprint density at radius 2 is 1.46 bits per heavy atom. The molecule has 4 heterocycles. The SMILES string of the molecule is Cc1cc(N2CCN(Cc3ccc(C(Nc4ccnc5cc(Cl)ccc45)c4ccc(Cl)cc4)cc3)CC2)nc(N2CCOCC2)n1. The second-order valence-corrected chi connectivity index (χ2v) is 12.8. The van der Waals surface area contributed by atoms with E-state index in [-0.39, 0.29) is 6.04 Å². The van der Waals surface area contributed by atoms with Gasteiger partial charge in [0.25, 0.3) is 0 Å². The van der Waals surface area contributed by atoms with Crippen LogP contribution < -0.4 is 15.1 Å². The first-order chi connectivity index (χ1) is 22.5. The van der Waals surface area contributed by atoms with Gasteiger partial charge in [0.2, 0.25) is 5.95 Å². The second-order valence-electron chi connectivity index (χ2n) is 11.9. The van der Waals surface area contributed by atoms with Crippen molar-refractivity contribution < 1.29 is 4.74 Å². The number of fused-ring (bicyclic) bond motifs is 1. The van der Waals surface area contributed by atoms with Crippen molar-refractivity contribution in [1.82, 2.24) is 19.9 Å². The molecule has 1 N–H and O–H groups in total. The molecule has 2 aliphatic heterocycles. The molecule has 8 nitrogen and oxygen atoms in total. The summed E-state index contributed by atoms with van der Waals surface area (Å²) in [5.41, 5.74) is 6.45. The van der Waals surface area contributed by atoms with Gasteiger partial charge in [0, 0.05) is 84.9 Å². The van der Waals surface area contributed by atoms with E-state index >= 15 is 0 Å². The number of hydrogen-bond acceptors (Lipinski definition) is 8. The minimum absolute atomic E-state index is 0.0742. The molecule has 236 valence electrons. The van der Waals surface area contributed by atoms with Gasteiger partial charge in [-0.3, -0.25) is 9.88 Å². The van der Waals surface area contributed by atoms with Crippen LogP contribution in [0.4, 0.5) is 17.5 Å². The first kappa shape index (κ1) is 30.7. The van der Waals surface area contributed by atoms with Gasteiger partial charge in [-0.25, -0.2) is 4.98 Å². The van der Waals surface area contributed by atoms with E-state index in [0.29, 0.717) is 10.0 Å². The Bertz CT molecular complexity index is 1790. The van der Waals surface area contributed by atoms with Crippen molar-refractivity contribution in [2.24, 2.45) is 0 Å². The Kier molecular flexibility index (Phi) is 9.21. The van der Waals surface area contributed by atoms with E-state index in [9.17, 15) is 0 Å². The Morgan fingerprint density at radius 3 is 2.20 bits per heavy atom. The lowest BCUT2D eigenvalue weighted by Crippen LogP contribution is -2.46. The van der Waals surface area contributed by atoms with Crippen LogP contribution in [0, 0.1) is 6.92 Å². The summed E-state index contributed by atoms with van der Waals surface area (Å²) >= 11 is 12.5. The molecule has 5 aromatic rings. The molecule has 2 aromatic heterocycles. The Morgan fingerprint density at radius 1 is 0.761 bits per heavy atom. The largest absolute Gasteiger partial charge is 0.378 e. The fourth-order valence-electron chi connectivity index (χ4n) is 6.23. The van der Waals surface area contributed by atoms with E-state index < -0.39 is 0 Å². The van der Waals surface area contributed by atoms with Crippen LogP contribution >= 0.6 is 23.2 Å². The molecular formula is C36H37Cl2N7O. The summed E-state index contributed by atoms with van der Waals surface area (Å²) in [7, 11) is 0. The molecule has 0 spiro atoms. The summed E-state index contributed by atoms with van der Waals surface area (Å²) < 4.78 is 5.52. The van der Waals surface area contributed by atoms with Gasteiger partial charge in [-0.1, -0.05) is 59.6 Å². The van der Waals surface area contributed by atoms with Crippen molar-refractivity contribution in [2.45, 2.75) is 19.5 Å². The number of nitrogens with zero attached hydrogens (tertiary/aromatic N) is 6. The molecule has 0 saturated carbocycles. The van der Waals surface area contributed by atoms with E-state index in [1.807, 2.05) is 42.6 Å². The molecule has 7 rings (SSSR count). The molecule has 2 saturated heterocycles. The van der Waals surface area contributed by atoms with Gasteiger partial charge >= 0.3 is 0 Å². The van der Waals surface area contributed by atoms with Gasteiger partial charge in [0.1, 0.15) is 5.82 Å². The molecule has 1 unspecified atom stereocenters. The molecule has 2 aliphatic rings. The quantitative estimate of drug-likeness (QED) is 0.192. The lowest BCUT2D eigenvalue weighted by molar-refractivity contribution is 0.122. The highest BCUT2D eigenvalue weighted by Crippen LogP contribution is 2.32. The van der Waals surface area contributed by atoms with Crippen LogP contribution in [0.3, 0.4) is 0 Å². The predicted molar refractivity (Wildman–Crippen MR) is 187 cm³/mol. The topological polar surface area (TPSA) is 69.7 Å². The number of benzene rings is 3. The number of morpholine rings is 1. The van der Waals surface area contributed by atoms with E-state index in [1.165, 1.54) is 11.1 Å². The Labute approximate surface area is 279 Å². The average Bonchev–Trinajstić information content (AvgIpc) is 3.08. The van der Waals surface area contributed by atoms with E-state index in [2.05, 4.69) is 74.4 Å². The molecule has 3 aromatic carbocycles. The van der Waals surface area contributed by atoms with Crippen molar-refractivity contribution in [2.75, 3.05) is 67.6 Å². The highest BCUT2D eigenvalue weighted by Gasteiger charge is 2.22. The highest BCUT2D eigenvalue weighted by molar-refractivity contribution is 6.31. The lowest BCUT2D eigenvalue weighted by Gasteiger charge is -2.36. The van der Waals surface area contributed by atoms with Gasteiger partial charge in [0.05, 0.1) is 24.8 Å². The third kappa shape index (κ3) is 7.05. The first-order valence-electron chi connectivity index (χ1n) is 15.8. The van der Waals surface area contributed by atoms with E-state index in [1.54, 1.807) is 0 Å². The standard InChI is InChI=1S/C36H37Cl2N7O/c1-25-22-34(42-36(40-25)45-18-20-46-21-19-45)44-16-14-43(15-17-44)24-26-2-4-27(5-3-26)35(28-6-8-29(37)9-7-28)41-32-12-13-39-33-23-30(38)10-11-31(32)33/h2-13,22-23,35H,14-21,24H2,1H3,(H,39,41). The number of rotatable bonds is 8. The zero-order chi connectivity index (χ0) is 31.5. The van der Waals surface area contributed by atoms with Crippen LogP contribution in [0.15, 0.2) is 85.1 Å². The molecule has 46 heavy (non-hydrogen) atoms. The fourth-order valence-corrected chi connectivity index (χ4v) is 6.52. The van der Waals surface area contributed by atoms with Gasteiger partial charge in [-0.05, 0) is 60.0 Å². The maximum absolute atomic E-state index is 6.26. The average molecular weight is 655 g/mol. The molecular weight excluding hydrogens is 617 g/mol. The molecule has 10 heteroatoms. The van der Waals surface area contributed by atoms with Crippen molar-refractivity contribution >= 4 is 51.6 Å². The van der Waals surface area contributed by atoms with Crippen molar-refractivity contribution in [3.8, 4) is 0 Å². The van der Waals surface area contributed by atoms with Gasteiger partial charge in [-0.2, -0.15) is 4.98 Å². The minimum Gasteiger partial charge on any atom is -0.378 e. The van der Waals surface area contributed by atoms with E-state index in [0.717, 1.165) is 98.6 Å². The summed E-state index contributed by atoms with van der Waals surface area (Å²) in [5, 5.41) is 6.19. The third-order valence-electron chi connectivity index (χ3n) is 8.75. The molecule has 0 aliphatic carbocycles. The summed E-state index contributed by atoms with van der Waals surface area (Å²) in [6.07, 6.45) is 1.82. The second kappa shape index (κ2) is 13.8. The predicted octanol–water partition coefficient (Wildman–Crippen LogP) is 7.00. The Hall–Kier alpha value is -3.95. The van der Waals surface area contributed by atoms with Crippen molar-refractivity contribution in [3.63, 3.8) is 0 Å².